The van der Waals surface area contributed by atoms with Crippen molar-refractivity contribution in [3.8, 4) is 11.4 Å². The summed E-state index contributed by atoms with van der Waals surface area (Å²) in [6.07, 6.45) is -2.82. The summed E-state index contributed by atoms with van der Waals surface area (Å²) in [5.41, 5.74) is 1.36. The number of alkyl halides is 3. The van der Waals surface area contributed by atoms with Gasteiger partial charge in [-0.05, 0) is 50.6 Å². The van der Waals surface area contributed by atoms with Gasteiger partial charge in [0, 0.05) is 17.3 Å². The maximum atomic E-state index is 12.3. The molecule has 7 nitrogen and oxygen atoms in total. The number of rotatable bonds is 5. The third-order valence-electron chi connectivity index (χ3n) is 3.36. The zero-order valence-corrected chi connectivity index (χ0v) is 16.3. The summed E-state index contributed by atoms with van der Waals surface area (Å²) >= 11 is 6.41. The molecule has 13 heteroatoms. The van der Waals surface area contributed by atoms with E-state index in [0.29, 0.717) is 16.6 Å². The van der Waals surface area contributed by atoms with Gasteiger partial charge in [-0.2, -0.15) is 4.68 Å². The molecule has 0 saturated heterocycles. The molecule has 4 rings (SSSR count). The first kappa shape index (κ1) is 18.3. The Morgan fingerprint density at radius 3 is 2.70 bits per heavy atom. The quantitative estimate of drug-likeness (QED) is 0.399. The van der Waals surface area contributed by atoms with Gasteiger partial charge in [0.25, 0.3) is 0 Å². The van der Waals surface area contributed by atoms with Crippen LogP contribution < -0.4 is 4.74 Å². The number of fused-ring (bicyclic) bond motifs is 1. The zero-order chi connectivity index (χ0) is 19.0. The molecular formula is C14H8BrF3N6OS2. The van der Waals surface area contributed by atoms with Crippen LogP contribution in [0, 0.1) is 0 Å². The van der Waals surface area contributed by atoms with E-state index in [0.717, 1.165) is 15.3 Å². The maximum Gasteiger partial charge on any atom is 0.573 e. The monoisotopic (exact) mass is 476 g/mol. The molecule has 3 heterocycles. The molecule has 0 amide bonds. The number of tetrazole rings is 1. The fourth-order valence-corrected chi connectivity index (χ4v) is 4.62. The number of imidazole rings is 1. The van der Waals surface area contributed by atoms with Gasteiger partial charge in [-0.15, -0.1) is 29.6 Å². The first-order chi connectivity index (χ1) is 12.9. The minimum atomic E-state index is -4.73. The Morgan fingerprint density at radius 2 is 2.00 bits per heavy atom. The standard InChI is InChI=1S/C14H8BrF3N6OS2/c15-11-10(19-12-23(11)5-6-26-12)7-27-13-20-21-22-24(13)8-1-3-9(4-2-8)25-14(16,17)18/h1-6H,7H2. The molecule has 27 heavy (non-hydrogen) atoms. The largest absolute Gasteiger partial charge is 0.573 e. The number of thioether (sulfide) groups is 1. The van der Waals surface area contributed by atoms with Gasteiger partial charge < -0.3 is 4.74 Å². The average Bonchev–Trinajstić information content (AvgIpc) is 3.31. The first-order valence-corrected chi connectivity index (χ1v) is 9.94. The lowest BCUT2D eigenvalue weighted by molar-refractivity contribution is -0.274. The number of halogens is 4. The Balaban J connectivity index is 1.51. The third kappa shape index (κ3) is 3.94. The van der Waals surface area contributed by atoms with Crippen LogP contribution in [0.4, 0.5) is 13.2 Å². The molecule has 1 aromatic carbocycles. The topological polar surface area (TPSA) is 70.1 Å². The molecule has 0 bridgehead atoms. The van der Waals surface area contributed by atoms with Gasteiger partial charge in [0.15, 0.2) is 4.96 Å². The van der Waals surface area contributed by atoms with Gasteiger partial charge in [0.1, 0.15) is 10.4 Å². The van der Waals surface area contributed by atoms with E-state index in [1.54, 1.807) is 0 Å². The maximum absolute atomic E-state index is 12.3. The van der Waals surface area contributed by atoms with Crippen LogP contribution in [-0.2, 0) is 5.75 Å². The van der Waals surface area contributed by atoms with E-state index in [2.05, 4.69) is 41.2 Å². The number of thiazole rings is 1. The molecular weight excluding hydrogens is 469 g/mol. The molecule has 0 N–H and O–H groups in total. The van der Waals surface area contributed by atoms with Gasteiger partial charge in [-0.25, -0.2) is 4.98 Å². The van der Waals surface area contributed by atoms with Crippen LogP contribution in [0.2, 0.25) is 0 Å². The van der Waals surface area contributed by atoms with Crippen LogP contribution >= 0.6 is 39.0 Å². The van der Waals surface area contributed by atoms with Crippen molar-refractivity contribution in [1.29, 1.82) is 0 Å². The molecule has 0 saturated carbocycles. The summed E-state index contributed by atoms with van der Waals surface area (Å²) in [6.45, 7) is 0. The fourth-order valence-electron chi connectivity index (χ4n) is 2.25. The van der Waals surface area contributed by atoms with E-state index in [1.165, 1.54) is 52.0 Å². The average molecular weight is 477 g/mol. The van der Waals surface area contributed by atoms with Gasteiger partial charge in [-0.1, -0.05) is 11.8 Å². The molecule has 0 spiro atoms. The van der Waals surface area contributed by atoms with Crippen molar-refractivity contribution < 1.29 is 17.9 Å². The normalized spacial score (nSPS) is 12.0. The molecule has 0 aliphatic carbocycles. The van der Waals surface area contributed by atoms with Crippen molar-refractivity contribution in [2.24, 2.45) is 0 Å². The van der Waals surface area contributed by atoms with Crippen LogP contribution in [0.5, 0.6) is 5.75 Å². The molecule has 0 unspecified atom stereocenters. The molecule has 0 aliphatic heterocycles. The molecule has 0 aliphatic rings. The number of hydrogen-bond donors (Lipinski definition) is 0. The van der Waals surface area contributed by atoms with Crippen LogP contribution in [0.25, 0.3) is 10.6 Å². The second-order valence-corrected chi connectivity index (χ2v) is 7.68. The number of hydrogen-bond acceptors (Lipinski definition) is 7. The lowest BCUT2D eigenvalue weighted by Crippen LogP contribution is -2.17. The van der Waals surface area contributed by atoms with Crippen LogP contribution in [0.15, 0.2) is 45.6 Å². The molecule has 0 atom stereocenters. The Kier molecular flexibility index (Phi) is 4.82. The summed E-state index contributed by atoms with van der Waals surface area (Å²) in [7, 11) is 0. The highest BCUT2D eigenvalue weighted by molar-refractivity contribution is 9.10. The van der Waals surface area contributed by atoms with Crippen LogP contribution in [0.3, 0.4) is 0 Å². The van der Waals surface area contributed by atoms with Crippen molar-refractivity contribution in [1.82, 2.24) is 29.6 Å². The summed E-state index contributed by atoms with van der Waals surface area (Å²) < 4.78 is 44.9. The van der Waals surface area contributed by atoms with Crippen molar-refractivity contribution >= 4 is 44.0 Å². The lowest BCUT2D eigenvalue weighted by Gasteiger charge is -2.09. The second-order valence-electron chi connectivity index (χ2n) is 5.11. The van der Waals surface area contributed by atoms with Crippen LogP contribution in [0.1, 0.15) is 5.69 Å². The van der Waals surface area contributed by atoms with Gasteiger partial charge in [-0.3, -0.25) is 4.40 Å². The number of ether oxygens (including phenoxy) is 1. The minimum absolute atomic E-state index is 0.310. The van der Waals surface area contributed by atoms with Crippen molar-refractivity contribution in [3.63, 3.8) is 0 Å². The smallest absolute Gasteiger partial charge is 0.406 e. The zero-order valence-electron chi connectivity index (χ0n) is 13.1. The van der Waals surface area contributed by atoms with E-state index in [4.69, 9.17) is 0 Å². The fraction of sp³-hybridized carbons (Fsp3) is 0.143. The second kappa shape index (κ2) is 7.13. The number of nitrogens with zero attached hydrogens (tertiary/aromatic N) is 6. The Bertz CT molecular complexity index is 1070. The lowest BCUT2D eigenvalue weighted by atomic mass is 10.3. The molecule has 140 valence electrons. The summed E-state index contributed by atoms with van der Waals surface area (Å²) in [4.78, 5) is 5.41. The summed E-state index contributed by atoms with van der Waals surface area (Å²) in [5, 5.41) is 13.9. The Hall–Kier alpha value is -2.12. The summed E-state index contributed by atoms with van der Waals surface area (Å²) in [5.74, 6) is 0.209. The highest BCUT2D eigenvalue weighted by Crippen LogP contribution is 2.29. The number of benzene rings is 1. The highest BCUT2D eigenvalue weighted by atomic mass is 79.9. The van der Waals surface area contributed by atoms with E-state index < -0.39 is 6.36 Å². The third-order valence-corrected chi connectivity index (χ3v) is 5.89. The van der Waals surface area contributed by atoms with Gasteiger partial charge in [0.2, 0.25) is 5.16 Å². The molecule has 0 radical (unpaired) electrons. The van der Waals surface area contributed by atoms with Gasteiger partial charge >= 0.3 is 6.36 Å². The Labute approximate surface area is 166 Å². The number of aromatic nitrogens is 6. The van der Waals surface area contributed by atoms with E-state index in [-0.39, 0.29) is 5.75 Å². The van der Waals surface area contributed by atoms with E-state index >= 15 is 0 Å². The minimum Gasteiger partial charge on any atom is -0.406 e. The highest BCUT2D eigenvalue weighted by Gasteiger charge is 2.31. The van der Waals surface area contributed by atoms with Crippen molar-refractivity contribution in [2.75, 3.05) is 0 Å². The molecule has 3 aromatic heterocycles. The summed E-state index contributed by atoms with van der Waals surface area (Å²) in [6, 6.07) is 5.31. The van der Waals surface area contributed by atoms with Gasteiger partial charge in [0.05, 0.1) is 11.4 Å². The molecule has 4 aromatic rings. The predicted octanol–water partition coefficient (Wildman–Crippen LogP) is 4.32. The van der Waals surface area contributed by atoms with E-state index in [1.807, 2.05) is 16.0 Å². The Morgan fingerprint density at radius 1 is 1.22 bits per heavy atom. The predicted molar refractivity (Wildman–Crippen MR) is 96.2 cm³/mol. The molecule has 0 fully saturated rings. The van der Waals surface area contributed by atoms with E-state index in [9.17, 15) is 13.2 Å². The van der Waals surface area contributed by atoms with Crippen LogP contribution in [-0.4, -0.2) is 36.0 Å². The SMILES string of the molecule is FC(F)(F)Oc1ccc(-n2nnnc2SCc2nc3sccn3c2Br)cc1. The van der Waals surface area contributed by atoms with Crippen molar-refractivity contribution in [3.05, 3.63) is 46.1 Å². The van der Waals surface area contributed by atoms with Crippen molar-refractivity contribution in [2.45, 2.75) is 17.3 Å². The first-order valence-electron chi connectivity index (χ1n) is 7.28.